The summed E-state index contributed by atoms with van der Waals surface area (Å²) in [6, 6.07) is 0. The lowest BCUT2D eigenvalue weighted by Gasteiger charge is -2.37. The maximum atomic E-state index is 13.7. The summed E-state index contributed by atoms with van der Waals surface area (Å²) < 4.78 is 17.3. The van der Waals surface area contributed by atoms with Crippen molar-refractivity contribution in [2.75, 3.05) is 27.3 Å². The van der Waals surface area contributed by atoms with Gasteiger partial charge in [-0.15, -0.1) is 0 Å². The first-order valence-electron chi connectivity index (χ1n) is 15.5. The third kappa shape index (κ3) is 8.64. The summed E-state index contributed by atoms with van der Waals surface area (Å²) in [4.78, 5) is 54.6. The van der Waals surface area contributed by atoms with Crippen LogP contribution in [-0.2, 0) is 33.4 Å². The highest BCUT2D eigenvalue weighted by Crippen LogP contribution is 2.32. The zero-order valence-electron chi connectivity index (χ0n) is 27.1. The third-order valence-electron chi connectivity index (χ3n) is 8.41. The van der Waals surface area contributed by atoms with Crippen LogP contribution >= 0.6 is 0 Å². The number of likely N-dealkylation sites (tertiary alicyclic amines) is 1. The van der Waals surface area contributed by atoms with E-state index in [9.17, 15) is 24.3 Å². The zero-order chi connectivity index (χ0) is 32.6. The van der Waals surface area contributed by atoms with Gasteiger partial charge < -0.3 is 29.5 Å². The Labute approximate surface area is 260 Å². The van der Waals surface area contributed by atoms with Gasteiger partial charge in [-0.25, -0.2) is 0 Å². The molecule has 0 aromatic heterocycles. The van der Waals surface area contributed by atoms with Gasteiger partial charge in [0.15, 0.2) is 6.10 Å². The maximum Gasteiger partial charge on any atom is 0.306 e. The Morgan fingerprint density at radius 1 is 1.11 bits per heavy atom. The average Bonchev–Trinajstić information content (AvgIpc) is 2.95. The Morgan fingerprint density at radius 3 is 2.41 bits per heavy atom. The number of aliphatic hydroxyl groups excluding tert-OH is 1. The smallest absolute Gasteiger partial charge is 0.306 e. The number of ether oxygens (including phenoxy) is 3. The van der Waals surface area contributed by atoms with Gasteiger partial charge in [0, 0.05) is 56.9 Å². The predicted octanol–water partition coefficient (Wildman–Crippen LogP) is 3.72. The minimum Gasteiger partial charge on any atom is -0.455 e. The van der Waals surface area contributed by atoms with E-state index >= 15 is 0 Å². The topological polar surface area (TPSA) is 131 Å². The summed E-state index contributed by atoms with van der Waals surface area (Å²) in [7, 11) is 3.03. The predicted molar refractivity (Wildman–Crippen MR) is 166 cm³/mol. The van der Waals surface area contributed by atoms with Crippen molar-refractivity contribution in [1.29, 1.82) is 0 Å². The van der Waals surface area contributed by atoms with Crippen LogP contribution in [0.15, 0.2) is 58.5 Å². The van der Waals surface area contributed by atoms with Crippen molar-refractivity contribution in [2.24, 2.45) is 11.8 Å². The summed E-state index contributed by atoms with van der Waals surface area (Å²) in [5.41, 5.74) is 1.70. The quantitative estimate of drug-likeness (QED) is 0.262. The molecule has 3 rings (SSSR count). The van der Waals surface area contributed by atoms with E-state index in [-0.39, 0.29) is 47.9 Å². The fourth-order valence-electron chi connectivity index (χ4n) is 5.74. The van der Waals surface area contributed by atoms with Crippen molar-refractivity contribution in [3.05, 3.63) is 58.5 Å². The number of hydrogen-bond acceptors (Lipinski definition) is 9. The number of Topliss-reactive ketones (excluding diaryl/α,β-unsaturated/α-hetero) is 1. The normalized spacial score (nSPS) is 32.5. The maximum absolute atomic E-state index is 13.7. The molecule has 44 heavy (non-hydrogen) atoms. The number of fused-ring (bicyclic) bond motifs is 2. The lowest BCUT2D eigenvalue weighted by molar-refractivity contribution is -0.151. The van der Waals surface area contributed by atoms with Crippen LogP contribution in [0.2, 0.25) is 0 Å². The van der Waals surface area contributed by atoms with Crippen molar-refractivity contribution in [3.63, 3.8) is 0 Å². The molecule has 0 saturated carbocycles. The number of rotatable bonds is 6. The summed E-state index contributed by atoms with van der Waals surface area (Å²) >= 11 is 0. The van der Waals surface area contributed by atoms with Crippen LogP contribution in [0.5, 0.6) is 0 Å². The molecule has 2 N–H and O–H groups in total. The van der Waals surface area contributed by atoms with Gasteiger partial charge in [-0.1, -0.05) is 45.1 Å². The number of aliphatic hydroxyl groups is 1. The molecule has 0 aromatic carbocycles. The second-order valence-corrected chi connectivity index (χ2v) is 12.0. The minimum absolute atomic E-state index is 0.0597. The van der Waals surface area contributed by atoms with Gasteiger partial charge in [0.1, 0.15) is 6.10 Å². The third-order valence-corrected chi connectivity index (χ3v) is 8.41. The second-order valence-electron chi connectivity index (χ2n) is 12.0. The molecule has 1 amide bonds. The van der Waals surface area contributed by atoms with E-state index in [1.54, 1.807) is 25.2 Å². The van der Waals surface area contributed by atoms with E-state index < -0.39 is 30.3 Å². The molecule has 1 fully saturated rings. The summed E-state index contributed by atoms with van der Waals surface area (Å²) in [6.07, 6.45) is 7.51. The van der Waals surface area contributed by atoms with Gasteiger partial charge in [0.2, 0.25) is 11.6 Å². The number of nitrogens with zero attached hydrogens (tertiary/aromatic N) is 1. The molecule has 6 atom stereocenters. The zero-order valence-corrected chi connectivity index (χ0v) is 27.1. The number of hydrogen-bond donors (Lipinski definition) is 2. The average molecular weight is 613 g/mol. The Bertz CT molecular complexity index is 1260. The second kappa shape index (κ2) is 16.1. The summed E-state index contributed by atoms with van der Waals surface area (Å²) in [6.45, 7) is 10.5. The number of nitrogens with one attached hydrogen (secondary N) is 1. The first-order valence-corrected chi connectivity index (χ1v) is 15.5. The van der Waals surface area contributed by atoms with Crippen LogP contribution in [0.4, 0.5) is 0 Å². The van der Waals surface area contributed by atoms with E-state index in [2.05, 4.69) is 5.32 Å². The number of allylic oxidation sites excluding steroid dienone is 4. The molecule has 10 heteroatoms. The molecular formula is C34H48N2O8. The highest BCUT2D eigenvalue weighted by Gasteiger charge is 2.36. The van der Waals surface area contributed by atoms with Crippen molar-refractivity contribution in [3.8, 4) is 0 Å². The van der Waals surface area contributed by atoms with E-state index in [0.29, 0.717) is 48.3 Å². The van der Waals surface area contributed by atoms with Gasteiger partial charge in [-0.05, 0) is 51.0 Å². The van der Waals surface area contributed by atoms with Crippen LogP contribution < -0.4 is 5.32 Å². The minimum atomic E-state index is -0.907. The van der Waals surface area contributed by atoms with Crippen LogP contribution in [0.3, 0.4) is 0 Å². The van der Waals surface area contributed by atoms with Gasteiger partial charge in [0.05, 0.1) is 23.6 Å². The first kappa shape index (κ1) is 35.1. The van der Waals surface area contributed by atoms with Crippen molar-refractivity contribution in [1.82, 2.24) is 10.2 Å². The standard InChI is InChI=1S/C34H48N2O8/c1-8-11-29(38)44-33-23(5)18-22(4)31(39)28(43-7)17-20(2)16-24-30(36-14-10-15-36)26(37)19-25(32(24)40)35-34(41)21(3)12-9-13-27(33)42-6/h9,12-13,18-20,22,27-28,31,33,39H,8,10-11,14-17H2,1-7H3,(H,35,41)/b13-9-,21-12+,23-18+/t20-,22+,27+,28+,31-,33+/m1/s1. The number of carbonyl (C=O) groups is 4. The van der Waals surface area contributed by atoms with Crippen molar-refractivity contribution >= 4 is 23.4 Å². The van der Waals surface area contributed by atoms with Gasteiger partial charge in [-0.2, -0.15) is 0 Å². The largest absolute Gasteiger partial charge is 0.455 e. The van der Waals surface area contributed by atoms with E-state index in [1.165, 1.54) is 20.3 Å². The highest BCUT2D eigenvalue weighted by molar-refractivity contribution is 6.23. The molecule has 2 bridgehead atoms. The number of methoxy groups -OCH3 is 2. The lowest BCUT2D eigenvalue weighted by atomic mass is 9.84. The van der Waals surface area contributed by atoms with Crippen LogP contribution in [-0.4, -0.2) is 85.2 Å². The fraction of sp³-hybridized carbons (Fsp3) is 0.588. The van der Waals surface area contributed by atoms with Gasteiger partial charge in [-0.3, -0.25) is 19.2 Å². The van der Waals surface area contributed by atoms with Gasteiger partial charge in [0.25, 0.3) is 5.91 Å². The Balaban J connectivity index is 2.06. The van der Waals surface area contributed by atoms with Crippen LogP contribution in [0.1, 0.15) is 66.7 Å². The van der Waals surface area contributed by atoms with Crippen LogP contribution in [0.25, 0.3) is 0 Å². The Hall–Kier alpha value is -3.34. The summed E-state index contributed by atoms with van der Waals surface area (Å²) in [5.74, 6) is -2.10. The fourth-order valence-corrected chi connectivity index (χ4v) is 5.74. The molecule has 3 aliphatic rings. The number of carbonyl (C=O) groups excluding carboxylic acids is 4. The van der Waals surface area contributed by atoms with Crippen molar-refractivity contribution in [2.45, 2.75) is 91.1 Å². The van der Waals surface area contributed by atoms with Gasteiger partial charge >= 0.3 is 5.97 Å². The SMILES string of the molecule is CCCC(=O)O[C@H]1/C(C)=C/[C@H](C)[C@@H](O)[C@@H](OC)C[C@H](C)CC2=C(N3CCC3)C(=O)C=C(NC(=O)/C(C)=C/C=C\[C@@H]1OC)C2=O. The highest BCUT2D eigenvalue weighted by atomic mass is 16.6. The van der Waals surface area contributed by atoms with E-state index in [0.717, 1.165) is 6.42 Å². The molecule has 242 valence electrons. The molecule has 0 radical (unpaired) electrons. The molecule has 1 saturated heterocycles. The molecule has 0 unspecified atom stereocenters. The molecular weight excluding hydrogens is 564 g/mol. The van der Waals surface area contributed by atoms with Crippen molar-refractivity contribution < 1.29 is 38.5 Å². The number of esters is 1. The van der Waals surface area contributed by atoms with E-state index in [4.69, 9.17) is 14.2 Å². The number of ketones is 2. The lowest BCUT2D eigenvalue weighted by Crippen LogP contribution is -2.43. The first-order chi connectivity index (χ1) is 20.9. The Kier molecular flexibility index (Phi) is 12.9. The molecule has 10 nitrogen and oxygen atoms in total. The molecule has 2 aliphatic heterocycles. The molecule has 1 aliphatic carbocycles. The Morgan fingerprint density at radius 2 is 1.82 bits per heavy atom. The number of amides is 1. The molecule has 0 aromatic rings. The summed E-state index contributed by atoms with van der Waals surface area (Å²) in [5, 5.41) is 14.0. The molecule has 0 spiro atoms. The molecule has 2 heterocycles. The van der Waals surface area contributed by atoms with Crippen LogP contribution in [0, 0.1) is 11.8 Å². The van der Waals surface area contributed by atoms with E-state index in [1.807, 2.05) is 38.7 Å². The monoisotopic (exact) mass is 612 g/mol.